The quantitative estimate of drug-likeness (QED) is 0.289. The van der Waals surface area contributed by atoms with E-state index < -0.39 is 0 Å². The Morgan fingerprint density at radius 1 is 1.07 bits per heavy atom. The number of hydrogen-bond acceptors (Lipinski definition) is 6. The molecule has 8 nitrogen and oxygen atoms in total. The number of fused-ring (bicyclic) bond motifs is 2. The molecule has 3 aromatic carbocycles. The minimum Gasteiger partial charge on any atom is -0.454 e. The molecule has 4 aromatic rings. The molecule has 0 saturated carbocycles. The molecular weight excluding hydrogens is 548 g/mol. The molecule has 0 unspecified atom stereocenters. The van der Waals surface area contributed by atoms with E-state index in [4.69, 9.17) is 14.6 Å². The average molecular weight is 583 g/mol. The lowest BCUT2D eigenvalue weighted by molar-refractivity contribution is -0.123. The predicted molar refractivity (Wildman–Crippen MR) is 166 cm³/mol. The van der Waals surface area contributed by atoms with Gasteiger partial charge in [-0.1, -0.05) is 55.5 Å². The molecule has 0 saturated heterocycles. The Bertz CT molecular complexity index is 1650. The molecule has 6 rings (SSSR count). The Labute approximate surface area is 250 Å². The van der Waals surface area contributed by atoms with E-state index >= 15 is 0 Å². The molecule has 2 atom stereocenters. The molecule has 2 aliphatic rings. The smallest absolute Gasteiger partial charge is 0.240 e. The average Bonchev–Trinajstić information content (AvgIpc) is 3.59. The molecule has 42 heavy (non-hydrogen) atoms. The van der Waals surface area contributed by atoms with Crippen molar-refractivity contribution in [3.63, 3.8) is 0 Å². The van der Waals surface area contributed by atoms with Crippen molar-refractivity contribution in [2.45, 2.75) is 45.4 Å². The number of hydrogen-bond donors (Lipinski definition) is 1. The number of benzene rings is 3. The van der Waals surface area contributed by atoms with Gasteiger partial charge in [0.25, 0.3) is 0 Å². The molecule has 0 radical (unpaired) electrons. The Morgan fingerprint density at radius 3 is 2.64 bits per heavy atom. The molecule has 0 aliphatic carbocycles. The van der Waals surface area contributed by atoms with E-state index in [9.17, 15) is 9.59 Å². The maximum absolute atomic E-state index is 14.0. The number of anilines is 1. The van der Waals surface area contributed by atoms with Gasteiger partial charge in [0.15, 0.2) is 11.5 Å². The van der Waals surface area contributed by atoms with Crippen LogP contribution in [0.4, 0.5) is 5.82 Å². The third-order valence-electron chi connectivity index (χ3n) is 7.96. The number of carbonyl (C=O) groups is 2. The fraction of sp³-hybridized carbons (Fsp3) is 0.303. The second kappa shape index (κ2) is 11.6. The van der Waals surface area contributed by atoms with Gasteiger partial charge in [-0.15, -0.1) is 11.8 Å². The van der Waals surface area contributed by atoms with Crippen molar-refractivity contribution in [1.82, 2.24) is 15.1 Å². The summed E-state index contributed by atoms with van der Waals surface area (Å²) in [6.07, 6.45) is 0.797. The van der Waals surface area contributed by atoms with Gasteiger partial charge in [-0.3, -0.25) is 14.5 Å². The fourth-order valence-corrected chi connectivity index (χ4v) is 6.55. The van der Waals surface area contributed by atoms with Gasteiger partial charge in [-0.05, 0) is 62.1 Å². The largest absolute Gasteiger partial charge is 0.454 e. The highest BCUT2D eigenvalue weighted by molar-refractivity contribution is 8.00. The van der Waals surface area contributed by atoms with Crippen LogP contribution in [0.5, 0.6) is 11.5 Å². The van der Waals surface area contributed by atoms with Crippen LogP contribution in [0, 0.1) is 13.8 Å². The maximum atomic E-state index is 14.0. The molecular formula is C33H34N4O4S. The molecule has 1 N–H and O–H groups in total. The van der Waals surface area contributed by atoms with Crippen molar-refractivity contribution in [3.8, 4) is 28.4 Å². The summed E-state index contributed by atoms with van der Waals surface area (Å²) in [6, 6.07) is 22.0. The number of rotatable bonds is 7. The van der Waals surface area contributed by atoms with Gasteiger partial charge >= 0.3 is 0 Å². The predicted octanol–water partition coefficient (Wildman–Crippen LogP) is 5.97. The van der Waals surface area contributed by atoms with E-state index in [1.165, 1.54) is 11.8 Å². The van der Waals surface area contributed by atoms with Crippen LogP contribution in [0.2, 0.25) is 0 Å². The Balaban J connectivity index is 1.62. The standard InChI is InChI=1S/C33H34N4O4S/c1-5-21(3)34-28(38)17-36-29(39)18-42-32(24-14-15-26-27(16-24)41-19-40-26)30-31(23-11-7-6-8-12-23)35-37(33(30)36)25-13-9-10-20(2)22(25)4/h6-16,21,32H,5,17-19H2,1-4H3,(H,34,38)/t21-,32+/m1/s1. The third-order valence-corrected chi connectivity index (χ3v) is 9.22. The minimum absolute atomic E-state index is 0.00128. The highest BCUT2D eigenvalue weighted by Gasteiger charge is 2.38. The molecule has 2 aliphatic heterocycles. The van der Waals surface area contributed by atoms with Crippen molar-refractivity contribution in [2.24, 2.45) is 0 Å². The van der Waals surface area contributed by atoms with E-state index in [1.807, 2.05) is 79.2 Å². The van der Waals surface area contributed by atoms with Crippen LogP contribution in [0.3, 0.4) is 0 Å². The van der Waals surface area contributed by atoms with Gasteiger partial charge in [0.05, 0.1) is 22.4 Å². The fourth-order valence-electron chi connectivity index (χ4n) is 5.37. The first-order valence-corrected chi connectivity index (χ1v) is 15.3. The van der Waals surface area contributed by atoms with Crippen LogP contribution < -0.4 is 19.7 Å². The van der Waals surface area contributed by atoms with E-state index in [2.05, 4.69) is 25.2 Å². The normalized spacial score (nSPS) is 16.6. The molecule has 0 spiro atoms. The summed E-state index contributed by atoms with van der Waals surface area (Å²) in [5.41, 5.74) is 6.59. The zero-order chi connectivity index (χ0) is 29.4. The topological polar surface area (TPSA) is 85.7 Å². The van der Waals surface area contributed by atoms with Crippen molar-refractivity contribution in [1.29, 1.82) is 0 Å². The lowest BCUT2D eigenvalue weighted by Crippen LogP contribution is -2.44. The Morgan fingerprint density at radius 2 is 1.86 bits per heavy atom. The number of thioether (sulfide) groups is 1. The number of ether oxygens (including phenoxy) is 2. The second-order valence-electron chi connectivity index (χ2n) is 10.7. The van der Waals surface area contributed by atoms with Crippen LogP contribution in [0.25, 0.3) is 16.9 Å². The molecule has 1 aromatic heterocycles. The van der Waals surface area contributed by atoms with Gasteiger partial charge in [-0.25, -0.2) is 4.68 Å². The number of nitrogens with zero attached hydrogens (tertiary/aromatic N) is 3. The summed E-state index contributed by atoms with van der Waals surface area (Å²) >= 11 is 1.53. The lowest BCUT2D eigenvalue weighted by Gasteiger charge is -2.24. The highest BCUT2D eigenvalue weighted by atomic mass is 32.2. The zero-order valence-corrected chi connectivity index (χ0v) is 25.0. The lowest BCUT2D eigenvalue weighted by atomic mass is 9.99. The Hall–Kier alpha value is -4.24. The maximum Gasteiger partial charge on any atom is 0.240 e. The number of nitrogens with one attached hydrogen (secondary N) is 1. The van der Waals surface area contributed by atoms with E-state index in [-0.39, 0.29) is 42.2 Å². The van der Waals surface area contributed by atoms with Gasteiger partial charge in [0, 0.05) is 17.2 Å². The number of carbonyl (C=O) groups excluding carboxylic acids is 2. The van der Waals surface area contributed by atoms with Crippen LogP contribution in [0.1, 0.15) is 47.8 Å². The summed E-state index contributed by atoms with van der Waals surface area (Å²) in [7, 11) is 0. The second-order valence-corrected chi connectivity index (χ2v) is 11.8. The van der Waals surface area contributed by atoms with Crippen LogP contribution in [-0.2, 0) is 9.59 Å². The zero-order valence-electron chi connectivity index (χ0n) is 24.2. The van der Waals surface area contributed by atoms with E-state index in [0.717, 1.165) is 45.6 Å². The van der Waals surface area contributed by atoms with Gasteiger partial charge in [-0.2, -0.15) is 5.10 Å². The first-order chi connectivity index (χ1) is 20.4. The summed E-state index contributed by atoms with van der Waals surface area (Å²) < 4.78 is 13.2. The SMILES string of the molecule is CC[C@@H](C)NC(=O)CN1C(=O)CS[C@@H](c2ccc3c(c2)OCO3)c2c(-c3ccccc3)nn(-c3cccc(C)c3C)c21. The van der Waals surface area contributed by atoms with E-state index in [0.29, 0.717) is 17.3 Å². The monoisotopic (exact) mass is 582 g/mol. The van der Waals surface area contributed by atoms with Crippen molar-refractivity contribution in [3.05, 3.63) is 89.0 Å². The molecule has 216 valence electrons. The molecule has 9 heteroatoms. The first kappa shape index (κ1) is 27.9. The molecule has 3 heterocycles. The number of aryl methyl sites for hydroxylation is 1. The molecule has 0 fully saturated rings. The van der Waals surface area contributed by atoms with E-state index in [1.54, 1.807) is 4.90 Å². The van der Waals surface area contributed by atoms with Gasteiger partial charge in [0.1, 0.15) is 12.4 Å². The minimum atomic E-state index is -0.254. The highest BCUT2D eigenvalue weighted by Crippen LogP contribution is 2.50. The molecule has 2 amide bonds. The number of aromatic nitrogens is 2. The van der Waals surface area contributed by atoms with Gasteiger partial charge < -0.3 is 14.8 Å². The summed E-state index contributed by atoms with van der Waals surface area (Å²) in [5, 5.41) is 8.00. The third kappa shape index (κ3) is 5.13. The van der Waals surface area contributed by atoms with Crippen LogP contribution in [-0.4, -0.2) is 46.7 Å². The summed E-state index contributed by atoms with van der Waals surface area (Å²) in [4.78, 5) is 28.9. The van der Waals surface area contributed by atoms with Gasteiger partial charge in [0.2, 0.25) is 18.6 Å². The Kier molecular flexibility index (Phi) is 7.68. The number of amides is 2. The summed E-state index contributed by atoms with van der Waals surface area (Å²) in [6.45, 7) is 8.19. The van der Waals surface area contributed by atoms with Crippen LogP contribution in [0.15, 0.2) is 66.7 Å². The van der Waals surface area contributed by atoms with Crippen molar-refractivity contribution >= 4 is 29.4 Å². The van der Waals surface area contributed by atoms with Crippen molar-refractivity contribution in [2.75, 3.05) is 24.0 Å². The van der Waals surface area contributed by atoms with Crippen molar-refractivity contribution < 1.29 is 19.1 Å². The van der Waals surface area contributed by atoms with Crippen LogP contribution >= 0.6 is 11.8 Å². The first-order valence-electron chi connectivity index (χ1n) is 14.2. The summed E-state index contributed by atoms with van der Waals surface area (Å²) in [5.74, 6) is 1.84. The molecule has 0 bridgehead atoms.